The van der Waals surface area contributed by atoms with Crippen LogP contribution in [0.3, 0.4) is 0 Å². The fraction of sp³-hybridized carbons (Fsp3) is 0.462. The molecule has 1 aliphatic carbocycles. The van der Waals surface area contributed by atoms with Gasteiger partial charge in [-0.1, -0.05) is 6.07 Å². The van der Waals surface area contributed by atoms with Gasteiger partial charge in [-0.05, 0) is 56.0 Å². The number of nitrogens with zero attached hydrogens (tertiary/aromatic N) is 2. The van der Waals surface area contributed by atoms with E-state index in [0.29, 0.717) is 19.1 Å². The number of benzene rings is 1. The van der Waals surface area contributed by atoms with E-state index in [4.69, 9.17) is 0 Å². The first kappa shape index (κ1) is 26.6. The van der Waals surface area contributed by atoms with Gasteiger partial charge in [0, 0.05) is 43.7 Å². The van der Waals surface area contributed by atoms with Gasteiger partial charge in [0.05, 0.1) is 29.5 Å². The maximum absolute atomic E-state index is 12.8. The molecule has 2 heterocycles. The molecule has 1 aromatic carbocycles. The van der Waals surface area contributed by atoms with Crippen LogP contribution in [-0.2, 0) is 15.8 Å². The van der Waals surface area contributed by atoms with E-state index in [2.05, 4.69) is 25.8 Å². The van der Waals surface area contributed by atoms with Gasteiger partial charge >= 0.3 is 6.18 Å². The lowest BCUT2D eigenvalue weighted by molar-refractivity contribution is -0.137. The number of carbonyl (C=O) groups is 3. The van der Waals surface area contributed by atoms with E-state index < -0.39 is 17.6 Å². The lowest BCUT2D eigenvalue weighted by Crippen LogP contribution is -2.63. The molecular formula is C26H30F3N5O3. The molecule has 0 unspecified atom stereocenters. The minimum Gasteiger partial charge on any atom is -0.349 e. The fourth-order valence-electron chi connectivity index (χ4n) is 5.03. The second-order valence-corrected chi connectivity index (χ2v) is 9.60. The molecule has 8 nitrogen and oxygen atoms in total. The van der Waals surface area contributed by atoms with Gasteiger partial charge in [-0.15, -0.1) is 0 Å². The molecule has 4 rings (SSSR count). The van der Waals surface area contributed by atoms with Crippen molar-refractivity contribution in [1.82, 2.24) is 20.5 Å². The molecule has 0 radical (unpaired) electrons. The van der Waals surface area contributed by atoms with Gasteiger partial charge in [0.25, 0.3) is 5.91 Å². The molecule has 3 amide bonds. The fourth-order valence-corrected chi connectivity index (χ4v) is 5.03. The van der Waals surface area contributed by atoms with Gasteiger partial charge in [0.2, 0.25) is 11.8 Å². The third kappa shape index (κ3) is 6.85. The molecule has 0 atom stereocenters. The Labute approximate surface area is 213 Å². The van der Waals surface area contributed by atoms with Crippen molar-refractivity contribution in [3.63, 3.8) is 0 Å². The second-order valence-electron chi connectivity index (χ2n) is 9.60. The third-order valence-electron chi connectivity index (χ3n) is 6.89. The molecule has 1 saturated carbocycles. The standard InChI is InChI=1S/C26H30F3N5O3/c1-16(35)32-22-6-3-11-30-24(22)17-7-9-21(10-8-17)34-14-20(15-34)33-23(36)13-31-25(37)18-4-2-5-19(12-18)26(27,28)29/h2-6,11-12,17,20-21H,7-10,13-15H2,1H3,(H,31,37)(H,32,35)(H,33,36). The molecule has 2 aliphatic rings. The van der Waals surface area contributed by atoms with Crippen LogP contribution in [-0.4, -0.2) is 59.3 Å². The number of amides is 3. The van der Waals surface area contributed by atoms with Crippen LogP contribution in [0.1, 0.15) is 60.1 Å². The van der Waals surface area contributed by atoms with Crippen LogP contribution in [0.2, 0.25) is 0 Å². The number of hydrogen-bond donors (Lipinski definition) is 3. The van der Waals surface area contributed by atoms with E-state index in [-0.39, 0.29) is 35.9 Å². The van der Waals surface area contributed by atoms with Crippen LogP contribution >= 0.6 is 0 Å². The van der Waals surface area contributed by atoms with E-state index in [1.54, 1.807) is 6.20 Å². The summed E-state index contributed by atoms with van der Waals surface area (Å²) in [6.45, 7) is 2.60. The molecule has 3 N–H and O–H groups in total. The topological polar surface area (TPSA) is 103 Å². The molecular weight excluding hydrogens is 487 g/mol. The predicted molar refractivity (Wildman–Crippen MR) is 131 cm³/mol. The number of hydrogen-bond acceptors (Lipinski definition) is 5. The number of anilines is 1. The Hall–Kier alpha value is -3.47. The summed E-state index contributed by atoms with van der Waals surface area (Å²) in [5.41, 5.74) is 0.631. The van der Waals surface area contributed by atoms with Crippen molar-refractivity contribution in [2.45, 2.75) is 56.8 Å². The summed E-state index contributed by atoms with van der Waals surface area (Å²) in [6.07, 6.45) is 1.12. The van der Waals surface area contributed by atoms with E-state index in [1.165, 1.54) is 13.0 Å². The number of rotatable bonds is 7. The number of aromatic nitrogens is 1. The van der Waals surface area contributed by atoms with E-state index >= 15 is 0 Å². The highest BCUT2D eigenvalue weighted by molar-refractivity contribution is 5.96. The lowest BCUT2D eigenvalue weighted by Gasteiger charge is -2.46. The number of nitrogens with one attached hydrogen (secondary N) is 3. The van der Waals surface area contributed by atoms with Crippen LogP contribution in [0.4, 0.5) is 18.9 Å². The summed E-state index contributed by atoms with van der Waals surface area (Å²) < 4.78 is 38.5. The second kappa shape index (κ2) is 11.3. The smallest absolute Gasteiger partial charge is 0.349 e. The normalized spacial score (nSPS) is 20.5. The van der Waals surface area contributed by atoms with Crippen LogP contribution in [0.5, 0.6) is 0 Å². The van der Waals surface area contributed by atoms with Crippen LogP contribution in [0.15, 0.2) is 42.6 Å². The van der Waals surface area contributed by atoms with Crippen LogP contribution in [0, 0.1) is 0 Å². The monoisotopic (exact) mass is 517 g/mol. The maximum Gasteiger partial charge on any atom is 0.416 e. The third-order valence-corrected chi connectivity index (χ3v) is 6.89. The Balaban J connectivity index is 1.18. The summed E-state index contributed by atoms with van der Waals surface area (Å²) >= 11 is 0. The molecule has 37 heavy (non-hydrogen) atoms. The van der Waals surface area contributed by atoms with Gasteiger partial charge in [-0.2, -0.15) is 13.2 Å². The first-order valence-electron chi connectivity index (χ1n) is 12.3. The Bertz CT molecular complexity index is 1140. The molecule has 1 aliphatic heterocycles. The maximum atomic E-state index is 12.8. The first-order valence-corrected chi connectivity index (χ1v) is 12.3. The molecule has 2 fully saturated rings. The molecule has 0 spiro atoms. The van der Waals surface area contributed by atoms with Gasteiger partial charge in [0.1, 0.15) is 0 Å². The van der Waals surface area contributed by atoms with Gasteiger partial charge in [-0.25, -0.2) is 0 Å². The Morgan fingerprint density at radius 2 is 1.78 bits per heavy atom. The largest absolute Gasteiger partial charge is 0.416 e. The van der Waals surface area contributed by atoms with Crippen molar-refractivity contribution >= 4 is 23.4 Å². The molecule has 198 valence electrons. The molecule has 1 saturated heterocycles. The van der Waals surface area contributed by atoms with E-state index in [0.717, 1.165) is 55.3 Å². The van der Waals surface area contributed by atoms with Crippen molar-refractivity contribution in [2.75, 3.05) is 25.0 Å². The van der Waals surface area contributed by atoms with Gasteiger partial charge in [0.15, 0.2) is 0 Å². The number of pyridine rings is 1. The van der Waals surface area contributed by atoms with Crippen molar-refractivity contribution in [1.29, 1.82) is 0 Å². The van der Waals surface area contributed by atoms with E-state index in [9.17, 15) is 27.6 Å². The molecule has 2 aromatic rings. The zero-order chi connectivity index (χ0) is 26.6. The van der Waals surface area contributed by atoms with Crippen molar-refractivity contribution < 1.29 is 27.6 Å². The number of alkyl halides is 3. The Morgan fingerprint density at radius 1 is 1.05 bits per heavy atom. The van der Waals surface area contributed by atoms with Crippen LogP contribution < -0.4 is 16.0 Å². The quantitative estimate of drug-likeness (QED) is 0.523. The number of halogens is 3. The van der Waals surface area contributed by atoms with Crippen molar-refractivity contribution in [3.8, 4) is 0 Å². The highest BCUT2D eigenvalue weighted by Crippen LogP contribution is 2.37. The van der Waals surface area contributed by atoms with E-state index in [1.807, 2.05) is 12.1 Å². The zero-order valence-electron chi connectivity index (χ0n) is 20.5. The molecule has 0 bridgehead atoms. The molecule has 11 heteroatoms. The average molecular weight is 518 g/mol. The first-order chi connectivity index (χ1) is 17.6. The number of likely N-dealkylation sites (tertiary alicyclic amines) is 1. The van der Waals surface area contributed by atoms with Crippen molar-refractivity contribution in [3.05, 3.63) is 59.4 Å². The average Bonchev–Trinajstić information content (AvgIpc) is 2.84. The summed E-state index contributed by atoms with van der Waals surface area (Å²) in [5.74, 6) is -0.944. The lowest BCUT2D eigenvalue weighted by atomic mass is 9.81. The predicted octanol–water partition coefficient (Wildman–Crippen LogP) is 3.32. The minimum absolute atomic E-state index is 0.0298. The Morgan fingerprint density at radius 3 is 2.46 bits per heavy atom. The van der Waals surface area contributed by atoms with Gasteiger partial charge < -0.3 is 16.0 Å². The van der Waals surface area contributed by atoms with Crippen molar-refractivity contribution in [2.24, 2.45) is 0 Å². The zero-order valence-corrected chi connectivity index (χ0v) is 20.5. The minimum atomic E-state index is -4.54. The summed E-state index contributed by atoms with van der Waals surface area (Å²) in [4.78, 5) is 42.7. The SMILES string of the molecule is CC(=O)Nc1cccnc1C1CCC(N2CC(NC(=O)CNC(=O)c3cccc(C(F)(F)F)c3)C2)CC1. The molecule has 1 aromatic heterocycles. The van der Waals surface area contributed by atoms with Crippen LogP contribution in [0.25, 0.3) is 0 Å². The Kier molecular flexibility index (Phi) is 8.11. The highest BCUT2D eigenvalue weighted by atomic mass is 19.4. The highest BCUT2D eigenvalue weighted by Gasteiger charge is 2.36. The summed E-state index contributed by atoms with van der Waals surface area (Å²) in [6, 6.07) is 8.16. The summed E-state index contributed by atoms with van der Waals surface area (Å²) in [5, 5.41) is 8.10. The van der Waals surface area contributed by atoms with Gasteiger partial charge in [-0.3, -0.25) is 24.3 Å². The number of carbonyl (C=O) groups excluding carboxylic acids is 3. The summed E-state index contributed by atoms with van der Waals surface area (Å²) in [7, 11) is 0.